The number of carbonyl (C=O) groups excluding carboxylic acids is 2. The molecule has 32 heavy (non-hydrogen) atoms. The van der Waals surface area contributed by atoms with Crippen molar-refractivity contribution in [1.29, 1.82) is 0 Å². The number of nitrogens with zero attached hydrogens (tertiary/aromatic N) is 2. The first-order chi connectivity index (χ1) is 15.4. The molecule has 1 aromatic rings. The van der Waals surface area contributed by atoms with Crippen LogP contribution >= 0.6 is 0 Å². The normalized spacial score (nSPS) is 22.9. The predicted octanol–water partition coefficient (Wildman–Crippen LogP) is 3.37. The lowest BCUT2D eigenvalue weighted by molar-refractivity contribution is -0.126. The lowest BCUT2D eigenvalue weighted by Crippen LogP contribution is -2.50. The van der Waals surface area contributed by atoms with Crippen LogP contribution in [0.25, 0.3) is 0 Å². The summed E-state index contributed by atoms with van der Waals surface area (Å²) in [7, 11) is -3.56. The van der Waals surface area contributed by atoms with Crippen molar-refractivity contribution >= 4 is 27.5 Å². The van der Waals surface area contributed by atoms with Gasteiger partial charge in [-0.1, -0.05) is 39.0 Å². The van der Waals surface area contributed by atoms with Crippen LogP contribution in [0.5, 0.6) is 0 Å². The van der Waals surface area contributed by atoms with Gasteiger partial charge in [-0.3, -0.25) is 14.5 Å². The SMILES string of the molecule is CCC(=O)N1c2ccc(S(=O)(=O)N3CCCCC3)cc2CC1C(=O)NC1CCCCCC1. The molecule has 2 fully saturated rings. The van der Waals surface area contributed by atoms with Crippen LogP contribution in [0.2, 0.25) is 0 Å². The number of piperidine rings is 1. The first-order valence-corrected chi connectivity index (χ1v) is 13.6. The molecule has 0 bridgehead atoms. The molecule has 0 spiro atoms. The highest BCUT2D eigenvalue weighted by molar-refractivity contribution is 7.89. The van der Waals surface area contributed by atoms with E-state index in [1.54, 1.807) is 34.3 Å². The minimum atomic E-state index is -3.56. The number of nitrogens with one attached hydrogen (secondary N) is 1. The van der Waals surface area contributed by atoms with Gasteiger partial charge in [0, 0.05) is 37.7 Å². The van der Waals surface area contributed by atoms with E-state index in [0.29, 0.717) is 31.6 Å². The van der Waals surface area contributed by atoms with Gasteiger partial charge >= 0.3 is 0 Å². The summed E-state index contributed by atoms with van der Waals surface area (Å²) in [5.74, 6) is -0.244. The maximum absolute atomic E-state index is 13.2. The zero-order valence-corrected chi connectivity index (χ0v) is 19.8. The Kier molecular flexibility index (Phi) is 7.20. The third-order valence-corrected chi connectivity index (χ3v) is 8.96. The summed E-state index contributed by atoms with van der Waals surface area (Å²) in [6.45, 7) is 2.88. The van der Waals surface area contributed by atoms with Gasteiger partial charge in [0.05, 0.1) is 4.90 Å². The van der Waals surface area contributed by atoms with Crippen LogP contribution in [0.3, 0.4) is 0 Å². The Bertz CT molecular complexity index is 948. The maximum Gasteiger partial charge on any atom is 0.243 e. The van der Waals surface area contributed by atoms with Gasteiger partial charge in [-0.15, -0.1) is 0 Å². The summed E-state index contributed by atoms with van der Waals surface area (Å²) in [6.07, 6.45) is 10.1. The number of fused-ring (bicyclic) bond motifs is 1. The Balaban J connectivity index is 1.57. The van der Waals surface area contributed by atoms with Crippen molar-refractivity contribution in [2.24, 2.45) is 0 Å². The maximum atomic E-state index is 13.2. The Morgan fingerprint density at radius 1 is 1.00 bits per heavy atom. The quantitative estimate of drug-likeness (QED) is 0.681. The molecule has 3 aliphatic rings. The molecule has 0 radical (unpaired) electrons. The predicted molar refractivity (Wildman–Crippen MR) is 124 cm³/mol. The Labute approximate surface area is 191 Å². The van der Waals surface area contributed by atoms with E-state index < -0.39 is 16.1 Å². The fraction of sp³-hybridized carbons (Fsp3) is 0.667. The molecule has 1 atom stereocenters. The molecule has 2 heterocycles. The molecule has 2 amide bonds. The largest absolute Gasteiger partial charge is 0.352 e. The molecule has 1 aliphatic carbocycles. The fourth-order valence-electron chi connectivity index (χ4n) is 5.25. The summed E-state index contributed by atoms with van der Waals surface area (Å²) in [5, 5.41) is 3.18. The van der Waals surface area contributed by atoms with Gasteiger partial charge in [-0.05, 0) is 49.4 Å². The molecule has 1 N–H and O–H groups in total. The topological polar surface area (TPSA) is 86.8 Å². The van der Waals surface area contributed by atoms with Crippen molar-refractivity contribution in [2.75, 3.05) is 18.0 Å². The van der Waals surface area contributed by atoms with E-state index in [2.05, 4.69) is 5.32 Å². The van der Waals surface area contributed by atoms with Crippen molar-refractivity contribution in [3.63, 3.8) is 0 Å². The number of anilines is 1. The zero-order chi connectivity index (χ0) is 22.7. The standard InChI is InChI=1S/C24H35N3O4S/c1-2-23(28)27-21-13-12-20(32(30,31)26-14-8-5-9-15-26)16-18(21)17-22(27)24(29)25-19-10-6-3-4-7-11-19/h12-13,16,19,22H,2-11,14-15,17H2,1H3,(H,25,29). The second-order valence-electron chi connectivity index (χ2n) is 9.29. The summed E-state index contributed by atoms with van der Waals surface area (Å²) < 4.78 is 27.8. The van der Waals surface area contributed by atoms with E-state index >= 15 is 0 Å². The van der Waals surface area contributed by atoms with Crippen LogP contribution in [0.1, 0.15) is 76.7 Å². The van der Waals surface area contributed by atoms with Crippen LogP contribution < -0.4 is 10.2 Å². The number of amides is 2. The van der Waals surface area contributed by atoms with Crippen molar-refractivity contribution in [3.8, 4) is 0 Å². The van der Waals surface area contributed by atoms with E-state index in [0.717, 1.165) is 50.5 Å². The third-order valence-electron chi connectivity index (χ3n) is 7.06. The molecule has 1 saturated carbocycles. The van der Waals surface area contributed by atoms with Crippen molar-refractivity contribution < 1.29 is 18.0 Å². The first kappa shape index (κ1) is 23.2. The van der Waals surface area contributed by atoms with Crippen LogP contribution in [0, 0.1) is 0 Å². The van der Waals surface area contributed by atoms with Gasteiger partial charge < -0.3 is 5.32 Å². The second-order valence-corrected chi connectivity index (χ2v) is 11.2. The number of carbonyl (C=O) groups is 2. The highest BCUT2D eigenvalue weighted by atomic mass is 32.2. The highest BCUT2D eigenvalue weighted by Gasteiger charge is 2.39. The number of benzene rings is 1. The first-order valence-electron chi connectivity index (χ1n) is 12.2. The van der Waals surface area contributed by atoms with Crippen molar-refractivity contribution in [1.82, 2.24) is 9.62 Å². The van der Waals surface area contributed by atoms with Crippen LogP contribution in [0.15, 0.2) is 23.1 Å². The van der Waals surface area contributed by atoms with Crippen LogP contribution in [-0.2, 0) is 26.0 Å². The molecule has 1 saturated heterocycles. The van der Waals surface area contributed by atoms with E-state index in [1.165, 1.54) is 12.8 Å². The molecule has 1 aromatic carbocycles. The van der Waals surface area contributed by atoms with Crippen molar-refractivity contribution in [2.45, 2.75) is 94.5 Å². The molecule has 2 aliphatic heterocycles. The second kappa shape index (κ2) is 9.91. The molecule has 1 unspecified atom stereocenters. The van der Waals surface area contributed by atoms with E-state index in [1.807, 2.05) is 0 Å². The molecule has 7 nitrogen and oxygen atoms in total. The minimum absolute atomic E-state index is 0.114. The molecule has 176 valence electrons. The zero-order valence-electron chi connectivity index (χ0n) is 19.0. The number of hydrogen-bond donors (Lipinski definition) is 1. The Morgan fingerprint density at radius 2 is 1.66 bits per heavy atom. The summed E-state index contributed by atoms with van der Waals surface area (Å²) >= 11 is 0. The lowest BCUT2D eigenvalue weighted by atomic mass is 10.1. The highest BCUT2D eigenvalue weighted by Crippen LogP contribution is 2.36. The summed E-state index contributed by atoms with van der Waals surface area (Å²) in [5.41, 5.74) is 1.42. The van der Waals surface area contributed by atoms with Gasteiger partial charge in [0.25, 0.3) is 0 Å². The average Bonchev–Trinajstić information content (AvgIpc) is 3.01. The molecule has 8 heteroatoms. The molecular weight excluding hydrogens is 426 g/mol. The average molecular weight is 462 g/mol. The Morgan fingerprint density at radius 3 is 2.31 bits per heavy atom. The Hall–Kier alpha value is -1.93. The molecule has 0 aromatic heterocycles. The number of hydrogen-bond acceptors (Lipinski definition) is 4. The van der Waals surface area contributed by atoms with E-state index in [9.17, 15) is 18.0 Å². The lowest BCUT2D eigenvalue weighted by Gasteiger charge is -2.27. The fourth-order valence-corrected chi connectivity index (χ4v) is 6.82. The summed E-state index contributed by atoms with van der Waals surface area (Å²) in [4.78, 5) is 27.8. The number of sulfonamides is 1. The molecular formula is C24H35N3O4S. The van der Waals surface area contributed by atoms with Crippen molar-refractivity contribution in [3.05, 3.63) is 23.8 Å². The van der Waals surface area contributed by atoms with Gasteiger partial charge in [0.15, 0.2) is 0 Å². The van der Waals surface area contributed by atoms with E-state index in [4.69, 9.17) is 0 Å². The van der Waals surface area contributed by atoms with Gasteiger partial charge in [0.1, 0.15) is 6.04 Å². The smallest absolute Gasteiger partial charge is 0.243 e. The third kappa shape index (κ3) is 4.71. The van der Waals surface area contributed by atoms with E-state index in [-0.39, 0.29) is 22.8 Å². The number of rotatable bonds is 5. The van der Waals surface area contributed by atoms with Gasteiger partial charge in [0.2, 0.25) is 21.8 Å². The molecule has 4 rings (SSSR count). The van der Waals surface area contributed by atoms with Crippen LogP contribution in [0.4, 0.5) is 5.69 Å². The van der Waals surface area contributed by atoms with Gasteiger partial charge in [-0.25, -0.2) is 8.42 Å². The summed E-state index contributed by atoms with van der Waals surface area (Å²) in [6, 6.07) is 4.51. The van der Waals surface area contributed by atoms with Crippen LogP contribution in [-0.4, -0.2) is 49.7 Å². The van der Waals surface area contributed by atoms with Gasteiger partial charge in [-0.2, -0.15) is 4.31 Å². The minimum Gasteiger partial charge on any atom is -0.352 e. The monoisotopic (exact) mass is 461 g/mol.